The number of hydrogen-bond donors (Lipinski definition) is 1. The van der Waals surface area contributed by atoms with Gasteiger partial charge in [-0.25, -0.2) is 4.98 Å². The SMILES string of the molecule is OC(C1CCN(Cc2nc3c(s2)CCC3)CC1)C(F)(F)F. The molecule has 0 radical (unpaired) electrons. The van der Waals surface area contributed by atoms with Gasteiger partial charge in [0.1, 0.15) is 5.01 Å². The first-order valence-electron chi connectivity index (χ1n) is 7.38. The van der Waals surface area contributed by atoms with Crippen molar-refractivity contribution in [1.82, 2.24) is 9.88 Å². The van der Waals surface area contributed by atoms with Crippen LogP contribution in [0, 0.1) is 5.92 Å². The maximum absolute atomic E-state index is 12.5. The highest BCUT2D eigenvalue weighted by molar-refractivity contribution is 7.11. The van der Waals surface area contributed by atoms with Gasteiger partial charge in [0.25, 0.3) is 0 Å². The van der Waals surface area contributed by atoms with E-state index in [0.717, 1.165) is 24.4 Å². The lowest BCUT2D eigenvalue weighted by Gasteiger charge is -2.34. The number of piperidine rings is 1. The Morgan fingerprint density at radius 2 is 2.00 bits per heavy atom. The number of aliphatic hydroxyl groups is 1. The van der Waals surface area contributed by atoms with E-state index in [1.165, 1.54) is 17.0 Å². The summed E-state index contributed by atoms with van der Waals surface area (Å²) in [7, 11) is 0. The van der Waals surface area contributed by atoms with Gasteiger partial charge < -0.3 is 5.11 Å². The fourth-order valence-corrected chi connectivity index (χ4v) is 4.40. The molecule has 1 aliphatic carbocycles. The molecule has 0 spiro atoms. The number of aryl methyl sites for hydroxylation is 2. The zero-order valence-corrected chi connectivity index (χ0v) is 12.5. The first-order chi connectivity index (χ1) is 9.93. The molecule has 2 heterocycles. The number of hydrogen-bond acceptors (Lipinski definition) is 4. The van der Waals surface area contributed by atoms with E-state index in [2.05, 4.69) is 9.88 Å². The fraction of sp³-hybridized carbons (Fsp3) is 0.786. The number of nitrogens with zero attached hydrogens (tertiary/aromatic N) is 2. The van der Waals surface area contributed by atoms with Crippen LogP contribution in [0.5, 0.6) is 0 Å². The van der Waals surface area contributed by atoms with Gasteiger partial charge in [0.05, 0.1) is 12.2 Å². The molecule has 3 nitrogen and oxygen atoms in total. The molecule has 118 valence electrons. The molecule has 1 aromatic heterocycles. The summed E-state index contributed by atoms with van der Waals surface area (Å²) in [5, 5.41) is 10.4. The Bertz CT molecular complexity index is 473. The molecule has 1 N–H and O–H groups in total. The molecular formula is C14H19F3N2OS. The van der Waals surface area contributed by atoms with Crippen molar-refractivity contribution in [2.24, 2.45) is 5.92 Å². The number of likely N-dealkylation sites (tertiary alicyclic amines) is 1. The van der Waals surface area contributed by atoms with E-state index in [1.807, 2.05) is 0 Å². The van der Waals surface area contributed by atoms with Crippen molar-refractivity contribution in [3.63, 3.8) is 0 Å². The Kier molecular flexibility index (Phi) is 4.25. The summed E-state index contributed by atoms with van der Waals surface area (Å²) in [4.78, 5) is 8.15. The highest BCUT2D eigenvalue weighted by Gasteiger charge is 2.44. The number of aliphatic hydroxyl groups excluding tert-OH is 1. The summed E-state index contributed by atoms with van der Waals surface area (Å²) in [5.41, 5.74) is 1.22. The minimum atomic E-state index is -4.50. The number of thiazole rings is 1. The topological polar surface area (TPSA) is 36.4 Å². The summed E-state index contributed by atoms with van der Waals surface area (Å²) < 4.78 is 37.5. The molecule has 3 rings (SSSR count). The van der Waals surface area contributed by atoms with Crippen molar-refractivity contribution >= 4 is 11.3 Å². The minimum Gasteiger partial charge on any atom is -0.383 e. The first kappa shape index (κ1) is 15.2. The molecule has 1 fully saturated rings. The Morgan fingerprint density at radius 1 is 1.29 bits per heavy atom. The molecule has 1 atom stereocenters. The maximum Gasteiger partial charge on any atom is 0.414 e. The van der Waals surface area contributed by atoms with Crippen LogP contribution >= 0.6 is 11.3 Å². The molecule has 21 heavy (non-hydrogen) atoms. The highest BCUT2D eigenvalue weighted by atomic mass is 32.1. The summed E-state index contributed by atoms with van der Waals surface area (Å²) in [6.07, 6.45) is -2.52. The minimum absolute atomic E-state index is 0.395. The van der Waals surface area contributed by atoms with E-state index < -0.39 is 18.2 Å². The highest BCUT2D eigenvalue weighted by Crippen LogP contribution is 2.33. The van der Waals surface area contributed by atoms with E-state index in [0.29, 0.717) is 25.9 Å². The zero-order valence-electron chi connectivity index (χ0n) is 11.7. The van der Waals surface area contributed by atoms with Gasteiger partial charge in [-0.15, -0.1) is 11.3 Å². The van der Waals surface area contributed by atoms with Crippen molar-refractivity contribution < 1.29 is 18.3 Å². The van der Waals surface area contributed by atoms with E-state index in [-0.39, 0.29) is 0 Å². The van der Waals surface area contributed by atoms with E-state index >= 15 is 0 Å². The number of aromatic nitrogens is 1. The van der Waals surface area contributed by atoms with Crippen LogP contribution in [0.25, 0.3) is 0 Å². The van der Waals surface area contributed by atoms with Gasteiger partial charge >= 0.3 is 6.18 Å². The van der Waals surface area contributed by atoms with E-state index in [4.69, 9.17) is 0 Å². The van der Waals surface area contributed by atoms with Crippen LogP contribution in [0.2, 0.25) is 0 Å². The Hall–Kier alpha value is -0.660. The number of fused-ring (bicyclic) bond motifs is 1. The van der Waals surface area contributed by atoms with Crippen molar-refractivity contribution in [1.29, 1.82) is 0 Å². The molecular weight excluding hydrogens is 301 g/mol. The van der Waals surface area contributed by atoms with Crippen LogP contribution in [0.4, 0.5) is 13.2 Å². The van der Waals surface area contributed by atoms with Crippen molar-refractivity contribution in [2.45, 2.75) is 50.9 Å². The van der Waals surface area contributed by atoms with E-state index in [9.17, 15) is 18.3 Å². The van der Waals surface area contributed by atoms with Crippen LogP contribution < -0.4 is 0 Å². The molecule has 1 saturated heterocycles. The second kappa shape index (κ2) is 5.85. The van der Waals surface area contributed by atoms with Crippen LogP contribution in [0.1, 0.15) is 34.8 Å². The quantitative estimate of drug-likeness (QED) is 0.930. The number of alkyl halides is 3. The number of halogens is 3. The van der Waals surface area contributed by atoms with Gasteiger partial charge in [0.15, 0.2) is 6.10 Å². The number of rotatable bonds is 3. The standard InChI is InChI=1S/C14H19F3N2OS/c15-14(16,17)13(20)9-4-6-19(7-5-9)8-12-18-10-2-1-3-11(10)21-12/h9,13,20H,1-8H2. The van der Waals surface area contributed by atoms with Gasteiger partial charge in [-0.2, -0.15) is 13.2 Å². The molecule has 0 amide bonds. The molecule has 0 bridgehead atoms. The summed E-state index contributed by atoms with van der Waals surface area (Å²) in [5.74, 6) is -0.664. The lowest BCUT2D eigenvalue weighted by atomic mass is 9.91. The van der Waals surface area contributed by atoms with Gasteiger partial charge in [-0.05, 0) is 51.1 Å². The van der Waals surface area contributed by atoms with Crippen molar-refractivity contribution in [2.75, 3.05) is 13.1 Å². The molecule has 0 aromatic carbocycles. The molecule has 0 saturated carbocycles. The van der Waals surface area contributed by atoms with Crippen molar-refractivity contribution in [3.8, 4) is 0 Å². The third-order valence-electron chi connectivity index (χ3n) is 4.41. The summed E-state index contributed by atoms with van der Waals surface area (Å²) in [6.45, 7) is 1.93. The molecule has 1 unspecified atom stereocenters. The average Bonchev–Trinajstić information content (AvgIpc) is 2.98. The predicted octanol–water partition coefficient (Wildman–Crippen LogP) is 2.77. The van der Waals surface area contributed by atoms with Crippen LogP contribution in [0.15, 0.2) is 0 Å². The summed E-state index contributed by atoms with van der Waals surface area (Å²) >= 11 is 1.74. The van der Waals surface area contributed by atoms with Crippen LogP contribution in [-0.4, -0.2) is 40.4 Å². The Morgan fingerprint density at radius 3 is 2.62 bits per heavy atom. The largest absolute Gasteiger partial charge is 0.414 e. The van der Waals surface area contributed by atoms with Crippen LogP contribution in [0.3, 0.4) is 0 Å². The average molecular weight is 320 g/mol. The maximum atomic E-state index is 12.5. The fourth-order valence-electron chi connectivity index (χ4n) is 3.20. The smallest absolute Gasteiger partial charge is 0.383 e. The van der Waals surface area contributed by atoms with Gasteiger partial charge in [-0.1, -0.05) is 0 Å². The van der Waals surface area contributed by atoms with Gasteiger partial charge in [0.2, 0.25) is 0 Å². The molecule has 2 aliphatic rings. The third kappa shape index (κ3) is 3.40. The van der Waals surface area contributed by atoms with Gasteiger partial charge in [0, 0.05) is 4.88 Å². The Balaban J connectivity index is 1.51. The lowest BCUT2D eigenvalue weighted by molar-refractivity contribution is -0.223. The third-order valence-corrected chi connectivity index (χ3v) is 5.56. The monoisotopic (exact) mass is 320 g/mol. The predicted molar refractivity (Wildman–Crippen MR) is 74.2 cm³/mol. The van der Waals surface area contributed by atoms with Crippen LogP contribution in [-0.2, 0) is 19.4 Å². The second-order valence-electron chi connectivity index (χ2n) is 5.93. The van der Waals surface area contributed by atoms with E-state index in [1.54, 1.807) is 11.3 Å². The van der Waals surface area contributed by atoms with Gasteiger partial charge in [-0.3, -0.25) is 4.90 Å². The second-order valence-corrected chi connectivity index (χ2v) is 7.10. The molecule has 7 heteroatoms. The normalized spacial score (nSPS) is 22.5. The first-order valence-corrected chi connectivity index (χ1v) is 8.19. The Labute approximate surface area is 125 Å². The van der Waals surface area contributed by atoms with Crippen molar-refractivity contribution in [3.05, 3.63) is 15.6 Å². The molecule has 1 aromatic rings. The summed E-state index contributed by atoms with van der Waals surface area (Å²) in [6, 6.07) is 0. The molecule has 1 aliphatic heterocycles. The zero-order chi connectivity index (χ0) is 15.0. The lowest BCUT2D eigenvalue weighted by Crippen LogP contribution is -2.43.